The summed E-state index contributed by atoms with van der Waals surface area (Å²) in [5.41, 5.74) is 9.78. The van der Waals surface area contributed by atoms with E-state index in [1.165, 1.54) is 0 Å². The summed E-state index contributed by atoms with van der Waals surface area (Å²) in [6.07, 6.45) is 1.65. The molecule has 2 rings (SSSR count). The van der Waals surface area contributed by atoms with Gasteiger partial charge >= 0.3 is 5.97 Å². The summed E-state index contributed by atoms with van der Waals surface area (Å²) in [6, 6.07) is 15.2. The number of ether oxygens (including phenoxy) is 2. The molecule has 0 spiro atoms. The van der Waals surface area contributed by atoms with Crippen LogP contribution in [0.15, 0.2) is 59.7 Å². The zero-order valence-electron chi connectivity index (χ0n) is 16.3. The molecule has 9 nitrogen and oxygen atoms in total. The maximum absolute atomic E-state index is 12.4. The second-order valence-corrected chi connectivity index (χ2v) is 7.06. The first-order chi connectivity index (χ1) is 14.6. The fourth-order valence-corrected chi connectivity index (χ4v) is 3.01. The summed E-state index contributed by atoms with van der Waals surface area (Å²) < 4.78 is 35.2. The van der Waals surface area contributed by atoms with Gasteiger partial charge in [0.1, 0.15) is 18.4 Å². The zero-order valence-corrected chi connectivity index (χ0v) is 17.1. The Labute approximate surface area is 177 Å². The summed E-state index contributed by atoms with van der Waals surface area (Å²) in [5, 5.41) is 3.46. The lowest BCUT2D eigenvalue weighted by Crippen LogP contribution is -2.40. The fourth-order valence-electron chi connectivity index (χ4n) is 2.60. The van der Waals surface area contributed by atoms with E-state index in [1.807, 2.05) is 30.3 Å². The number of nitrogens with zero attached hydrogens (tertiary/aromatic N) is 3. The minimum absolute atomic E-state index is 0.0653. The molecule has 1 unspecified atom stereocenters. The van der Waals surface area contributed by atoms with Crippen LogP contribution in [0.2, 0.25) is 0 Å². The minimum Gasteiger partial charge on any atom is -0.760 e. The van der Waals surface area contributed by atoms with E-state index in [2.05, 4.69) is 14.7 Å². The van der Waals surface area contributed by atoms with E-state index in [1.54, 1.807) is 24.3 Å². The summed E-state index contributed by atoms with van der Waals surface area (Å²) in [4.78, 5) is 15.0. The van der Waals surface area contributed by atoms with Gasteiger partial charge in [-0.3, -0.25) is 9.00 Å². The average Bonchev–Trinajstić information content (AvgIpc) is 2.75. The van der Waals surface area contributed by atoms with Gasteiger partial charge < -0.3 is 14.0 Å². The molecule has 0 fully saturated rings. The molecule has 0 bridgehead atoms. The maximum Gasteiger partial charge on any atom is 0.324 e. The summed E-state index contributed by atoms with van der Waals surface area (Å²) in [5.74, 6) is 0.00880. The lowest BCUT2D eigenvalue weighted by atomic mass is 10.1. The highest BCUT2D eigenvalue weighted by Crippen LogP contribution is 2.15. The van der Waals surface area contributed by atoms with Gasteiger partial charge in [0.05, 0.1) is 6.61 Å². The number of azide groups is 1. The molecule has 0 aliphatic carbocycles. The molecule has 2 atom stereocenters. The molecule has 0 aromatic heterocycles. The molecule has 0 saturated heterocycles. The van der Waals surface area contributed by atoms with E-state index in [0.29, 0.717) is 18.9 Å². The predicted molar refractivity (Wildman–Crippen MR) is 111 cm³/mol. The monoisotopic (exact) mass is 431 g/mol. The van der Waals surface area contributed by atoms with Gasteiger partial charge in [-0.2, -0.15) is 0 Å². The molecule has 2 aromatic rings. The molecule has 0 amide bonds. The molecular formula is C20H23N4O5S-. The van der Waals surface area contributed by atoms with Crippen molar-refractivity contribution < 1.29 is 23.0 Å². The number of rotatable bonds is 13. The Bertz CT molecular complexity index is 857. The van der Waals surface area contributed by atoms with Crippen molar-refractivity contribution >= 4 is 17.2 Å². The minimum atomic E-state index is -2.61. The van der Waals surface area contributed by atoms with E-state index in [9.17, 15) is 13.6 Å². The molecule has 1 N–H and O–H groups in total. The van der Waals surface area contributed by atoms with Gasteiger partial charge in [0.2, 0.25) is 0 Å². The van der Waals surface area contributed by atoms with E-state index in [4.69, 9.17) is 15.0 Å². The van der Waals surface area contributed by atoms with Crippen LogP contribution in [0.5, 0.6) is 5.75 Å². The lowest BCUT2D eigenvalue weighted by Gasteiger charge is -2.19. The largest absolute Gasteiger partial charge is 0.760 e. The van der Waals surface area contributed by atoms with E-state index < -0.39 is 23.3 Å². The smallest absolute Gasteiger partial charge is 0.324 e. The van der Waals surface area contributed by atoms with E-state index in [-0.39, 0.29) is 13.0 Å². The summed E-state index contributed by atoms with van der Waals surface area (Å²) >= 11 is -2.61. The van der Waals surface area contributed by atoms with Crippen molar-refractivity contribution in [2.75, 3.05) is 13.2 Å². The van der Waals surface area contributed by atoms with Crippen molar-refractivity contribution in [3.8, 4) is 5.75 Å². The molecule has 30 heavy (non-hydrogen) atoms. The molecule has 0 aliphatic rings. The standard InChI is InChI=1S/C20H24N4O5S/c21-24-22-12-4-5-13-28-18-10-8-16(9-11-18)14-19(23-30(26)27)20(25)29-15-17-6-2-1-3-7-17/h1-3,6-11,19,23H,4-5,12-15H2,(H,26,27)/p-1/t19-/m0/s1. The molecule has 2 aromatic carbocycles. The van der Waals surface area contributed by atoms with Gasteiger partial charge in [-0.05, 0) is 48.1 Å². The number of nitrogens with one attached hydrogen (secondary N) is 1. The van der Waals surface area contributed by atoms with Crippen molar-refractivity contribution in [3.05, 3.63) is 76.2 Å². The van der Waals surface area contributed by atoms with Gasteiger partial charge in [0.25, 0.3) is 0 Å². The highest BCUT2D eigenvalue weighted by molar-refractivity contribution is 7.77. The topological polar surface area (TPSA) is 136 Å². The molecule has 0 radical (unpaired) electrons. The Kier molecular flexibility index (Phi) is 10.4. The summed E-state index contributed by atoms with van der Waals surface area (Å²) in [6.45, 7) is 0.996. The Balaban J connectivity index is 1.86. The zero-order chi connectivity index (χ0) is 21.6. The van der Waals surface area contributed by atoms with Gasteiger partial charge in [-0.1, -0.05) is 47.6 Å². The van der Waals surface area contributed by atoms with Crippen LogP contribution in [-0.2, 0) is 33.8 Å². The number of carbonyl (C=O) groups excluding carboxylic acids is 1. The number of carbonyl (C=O) groups is 1. The molecule has 0 aliphatic heterocycles. The highest BCUT2D eigenvalue weighted by Gasteiger charge is 2.21. The second kappa shape index (κ2) is 13.3. The predicted octanol–water partition coefficient (Wildman–Crippen LogP) is 3.19. The number of benzene rings is 2. The lowest BCUT2D eigenvalue weighted by molar-refractivity contribution is -0.147. The SMILES string of the molecule is [N-]=[N+]=NCCCCOc1ccc(C[C@H](NS(=O)[O-])C(=O)OCc2ccccc2)cc1. The third kappa shape index (κ3) is 9.06. The fraction of sp³-hybridized carbons (Fsp3) is 0.350. The van der Waals surface area contributed by atoms with Crippen LogP contribution in [-0.4, -0.2) is 33.9 Å². The van der Waals surface area contributed by atoms with Gasteiger partial charge in [-0.15, -0.1) is 0 Å². The molecule has 0 heterocycles. The third-order valence-corrected chi connectivity index (χ3v) is 4.57. The first kappa shape index (κ1) is 23.4. The molecule has 160 valence electrons. The molecular weight excluding hydrogens is 408 g/mol. The number of hydrogen-bond donors (Lipinski definition) is 1. The molecule has 0 saturated carbocycles. The van der Waals surface area contributed by atoms with Crippen LogP contribution in [0.25, 0.3) is 10.4 Å². The van der Waals surface area contributed by atoms with Crippen molar-refractivity contribution in [3.63, 3.8) is 0 Å². The Morgan fingerprint density at radius 2 is 1.87 bits per heavy atom. The Morgan fingerprint density at radius 1 is 1.13 bits per heavy atom. The molecule has 10 heteroatoms. The van der Waals surface area contributed by atoms with Crippen LogP contribution >= 0.6 is 0 Å². The van der Waals surface area contributed by atoms with Crippen LogP contribution in [0.1, 0.15) is 24.0 Å². The van der Waals surface area contributed by atoms with Crippen LogP contribution in [0.3, 0.4) is 0 Å². The van der Waals surface area contributed by atoms with Crippen molar-refractivity contribution in [2.45, 2.75) is 31.9 Å². The van der Waals surface area contributed by atoms with E-state index >= 15 is 0 Å². The van der Waals surface area contributed by atoms with Gasteiger partial charge in [-0.25, -0.2) is 4.72 Å². The average molecular weight is 431 g/mol. The second-order valence-electron chi connectivity index (χ2n) is 6.36. The number of hydrogen-bond acceptors (Lipinski definition) is 6. The quantitative estimate of drug-likeness (QED) is 0.130. The number of unbranched alkanes of at least 4 members (excludes halogenated alkanes) is 1. The normalized spacial score (nSPS) is 12.4. The third-order valence-electron chi connectivity index (χ3n) is 4.09. The van der Waals surface area contributed by atoms with Crippen molar-refractivity contribution in [2.24, 2.45) is 5.11 Å². The van der Waals surface area contributed by atoms with Crippen LogP contribution < -0.4 is 9.46 Å². The van der Waals surface area contributed by atoms with Gasteiger partial charge in [0.15, 0.2) is 0 Å². The maximum atomic E-state index is 12.4. The Hall–Kier alpha value is -2.91. The summed E-state index contributed by atoms with van der Waals surface area (Å²) in [7, 11) is 0. The van der Waals surface area contributed by atoms with Gasteiger partial charge in [0, 0.05) is 22.7 Å². The van der Waals surface area contributed by atoms with Crippen LogP contribution in [0.4, 0.5) is 0 Å². The highest BCUT2D eigenvalue weighted by atomic mass is 32.2. The first-order valence-corrected chi connectivity index (χ1v) is 10.4. The van der Waals surface area contributed by atoms with E-state index in [0.717, 1.165) is 24.0 Å². The van der Waals surface area contributed by atoms with Crippen molar-refractivity contribution in [1.29, 1.82) is 0 Å². The number of esters is 1. The first-order valence-electron chi connectivity index (χ1n) is 9.37. The van der Waals surface area contributed by atoms with Crippen molar-refractivity contribution in [1.82, 2.24) is 4.72 Å². The van der Waals surface area contributed by atoms with Crippen LogP contribution in [0, 0.1) is 0 Å². The Morgan fingerprint density at radius 3 is 2.53 bits per heavy atom.